The molecule has 3 aromatic rings. The van der Waals surface area contributed by atoms with E-state index in [0.717, 1.165) is 11.3 Å². The molecular formula is C25H28ClN3O2S. The first-order chi connectivity index (χ1) is 15.6. The number of methoxy groups -OCH3 is 1. The number of benzene rings is 2. The number of carbonyl (C=O) groups excluding carboxylic acids is 1. The third-order valence-corrected chi connectivity index (χ3v) is 7.07. The smallest absolute Gasteiger partial charge is 0.328 e. The molecule has 1 heterocycles. The number of amides is 2. The van der Waals surface area contributed by atoms with E-state index in [2.05, 4.69) is 29.6 Å². The molecule has 2 aromatic carbocycles. The maximum atomic E-state index is 13.0. The minimum atomic E-state index is -0.276. The molecule has 0 saturated heterocycles. The van der Waals surface area contributed by atoms with Gasteiger partial charge in [0.2, 0.25) is 0 Å². The first-order valence-corrected chi connectivity index (χ1v) is 12.3. The van der Waals surface area contributed by atoms with Gasteiger partial charge in [0, 0.05) is 22.5 Å². The summed E-state index contributed by atoms with van der Waals surface area (Å²) in [7, 11) is 1.56. The molecule has 168 valence electrons. The molecule has 0 aliphatic heterocycles. The number of carbonyl (C=O) groups is 1. The summed E-state index contributed by atoms with van der Waals surface area (Å²) in [6, 6.07) is 13.6. The van der Waals surface area contributed by atoms with Gasteiger partial charge >= 0.3 is 6.03 Å². The predicted molar refractivity (Wildman–Crippen MR) is 133 cm³/mol. The number of nitrogens with one attached hydrogen (secondary N) is 1. The zero-order valence-corrected chi connectivity index (χ0v) is 20.0. The number of ether oxygens (including phenoxy) is 1. The van der Waals surface area contributed by atoms with Crippen LogP contribution in [0.1, 0.15) is 50.5 Å². The van der Waals surface area contributed by atoms with E-state index in [0.29, 0.717) is 34.1 Å². The van der Waals surface area contributed by atoms with Crippen LogP contribution < -0.4 is 15.0 Å². The van der Waals surface area contributed by atoms with Crippen molar-refractivity contribution in [3.05, 3.63) is 58.4 Å². The molecule has 1 aromatic heterocycles. The highest BCUT2D eigenvalue weighted by Gasteiger charge is 2.20. The zero-order valence-electron chi connectivity index (χ0n) is 18.4. The van der Waals surface area contributed by atoms with E-state index in [9.17, 15) is 4.79 Å². The van der Waals surface area contributed by atoms with Gasteiger partial charge in [-0.15, -0.1) is 11.3 Å². The van der Waals surface area contributed by atoms with E-state index in [1.165, 1.54) is 49.0 Å². The number of nitrogens with zero attached hydrogens (tertiary/aromatic N) is 2. The number of anilines is 2. The lowest BCUT2D eigenvalue weighted by Gasteiger charge is -2.22. The van der Waals surface area contributed by atoms with E-state index in [1.807, 2.05) is 12.3 Å². The number of rotatable bonds is 6. The molecule has 0 spiro atoms. The lowest BCUT2D eigenvalue weighted by Crippen LogP contribution is -2.34. The van der Waals surface area contributed by atoms with Crippen molar-refractivity contribution in [2.24, 2.45) is 0 Å². The number of aromatic nitrogens is 1. The number of hydrogen-bond donors (Lipinski definition) is 1. The molecule has 32 heavy (non-hydrogen) atoms. The predicted octanol–water partition coefficient (Wildman–Crippen LogP) is 7.58. The van der Waals surface area contributed by atoms with Crippen molar-refractivity contribution in [1.29, 1.82) is 0 Å². The summed E-state index contributed by atoms with van der Waals surface area (Å²) in [4.78, 5) is 19.3. The van der Waals surface area contributed by atoms with Crippen LogP contribution in [0.15, 0.2) is 47.8 Å². The lowest BCUT2D eigenvalue weighted by atomic mass is 9.84. The monoisotopic (exact) mass is 469 g/mol. The molecule has 0 bridgehead atoms. The summed E-state index contributed by atoms with van der Waals surface area (Å²) in [5.41, 5.74) is 3.90. The Morgan fingerprint density at radius 3 is 2.62 bits per heavy atom. The molecule has 1 N–H and O–H groups in total. The van der Waals surface area contributed by atoms with Crippen molar-refractivity contribution in [1.82, 2.24) is 4.98 Å². The third-order valence-electron chi connectivity index (χ3n) is 5.97. The summed E-state index contributed by atoms with van der Waals surface area (Å²) in [5.74, 6) is 1.24. The Kier molecular flexibility index (Phi) is 7.33. The summed E-state index contributed by atoms with van der Waals surface area (Å²) in [5, 5.41) is 6.07. The molecule has 0 radical (unpaired) electrons. The van der Waals surface area contributed by atoms with Crippen LogP contribution >= 0.6 is 22.9 Å². The van der Waals surface area contributed by atoms with Crippen molar-refractivity contribution in [3.8, 4) is 17.0 Å². The van der Waals surface area contributed by atoms with E-state index in [1.54, 1.807) is 30.2 Å². The average molecular weight is 470 g/mol. The Morgan fingerprint density at radius 2 is 1.94 bits per heavy atom. The van der Waals surface area contributed by atoms with Gasteiger partial charge in [-0.05, 0) is 49.4 Å². The quantitative estimate of drug-likeness (QED) is 0.404. The molecule has 1 fully saturated rings. The van der Waals surface area contributed by atoms with E-state index in [4.69, 9.17) is 21.3 Å². The van der Waals surface area contributed by atoms with Gasteiger partial charge in [-0.1, -0.05) is 55.1 Å². The molecule has 4 rings (SSSR count). The Morgan fingerprint density at radius 1 is 1.19 bits per heavy atom. The van der Waals surface area contributed by atoms with Crippen LogP contribution in [0.2, 0.25) is 5.02 Å². The maximum absolute atomic E-state index is 13.0. The van der Waals surface area contributed by atoms with E-state index < -0.39 is 0 Å². The van der Waals surface area contributed by atoms with Gasteiger partial charge in [0.15, 0.2) is 5.13 Å². The topological polar surface area (TPSA) is 54.5 Å². The van der Waals surface area contributed by atoms with Crippen LogP contribution in [-0.4, -0.2) is 24.7 Å². The summed E-state index contributed by atoms with van der Waals surface area (Å²) in [6.07, 6.45) is 6.60. The Labute approximate surface area is 198 Å². The summed E-state index contributed by atoms with van der Waals surface area (Å²) < 4.78 is 5.33. The third kappa shape index (κ3) is 5.08. The first kappa shape index (κ1) is 22.6. The molecule has 2 amide bonds. The van der Waals surface area contributed by atoms with Crippen LogP contribution in [-0.2, 0) is 0 Å². The van der Waals surface area contributed by atoms with Crippen molar-refractivity contribution in [3.63, 3.8) is 0 Å². The van der Waals surface area contributed by atoms with Crippen molar-refractivity contribution < 1.29 is 9.53 Å². The van der Waals surface area contributed by atoms with Gasteiger partial charge in [-0.2, -0.15) is 0 Å². The number of hydrogen-bond acceptors (Lipinski definition) is 4. The van der Waals surface area contributed by atoms with Crippen LogP contribution in [0, 0.1) is 0 Å². The molecule has 5 nitrogen and oxygen atoms in total. The fraction of sp³-hybridized carbons (Fsp3) is 0.360. The summed E-state index contributed by atoms with van der Waals surface area (Å²) >= 11 is 7.55. The van der Waals surface area contributed by atoms with Crippen LogP contribution in [0.4, 0.5) is 15.6 Å². The van der Waals surface area contributed by atoms with Crippen LogP contribution in [0.5, 0.6) is 5.75 Å². The molecular weight excluding hydrogens is 442 g/mol. The normalized spacial score (nSPS) is 14.2. The highest BCUT2D eigenvalue weighted by atomic mass is 35.5. The highest BCUT2D eigenvalue weighted by Crippen LogP contribution is 2.35. The van der Waals surface area contributed by atoms with E-state index >= 15 is 0 Å². The standard InChI is InChI=1S/C25H28ClN3O2S/c1-3-29(24(30)27-21-15-20(26)13-14-23(21)31-2)25-28-22(16-32-25)19-11-9-18(10-12-19)17-7-5-4-6-8-17/h9-17H,3-8H2,1-2H3,(H,27,30). The summed E-state index contributed by atoms with van der Waals surface area (Å²) in [6.45, 7) is 2.41. The molecule has 0 atom stereocenters. The molecule has 0 unspecified atom stereocenters. The van der Waals surface area contributed by atoms with Crippen molar-refractivity contribution in [2.45, 2.75) is 44.9 Å². The molecule has 1 aliphatic rings. The Balaban J connectivity index is 1.49. The van der Waals surface area contributed by atoms with Gasteiger partial charge in [0.25, 0.3) is 0 Å². The minimum absolute atomic E-state index is 0.276. The lowest BCUT2D eigenvalue weighted by molar-refractivity contribution is 0.257. The van der Waals surface area contributed by atoms with Crippen molar-refractivity contribution in [2.75, 3.05) is 23.9 Å². The largest absolute Gasteiger partial charge is 0.495 e. The first-order valence-electron chi connectivity index (χ1n) is 11.1. The van der Waals surface area contributed by atoms with Gasteiger partial charge < -0.3 is 10.1 Å². The molecule has 1 saturated carbocycles. The molecule has 1 aliphatic carbocycles. The average Bonchev–Trinajstić information content (AvgIpc) is 3.30. The molecule has 7 heteroatoms. The van der Waals surface area contributed by atoms with Gasteiger partial charge in [0.05, 0.1) is 18.5 Å². The van der Waals surface area contributed by atoms with Gasteiger partial charge in [-0.3, -0.25) is 4.90 Å². The minimum Gasteiger partial charge on any atom is -0.495 e. The fourth-order valence-electron chi connectivity index (χ4n) is 4.21. The maximum Gasteiger partial charge on any atom is 0.328 e. The second kappa shape index (κ2) is 10.4. The SMILES string of the molecule is CCN(C(=O)Nc1cc(Cl)ccc1OC)c1nc(-c2ccc(C3CCCCC3)cc2)cs1. The van der Waals surface area contributed by atoms with E-state index in [-0.39, 0.29) is 6.03 Å². The highest BCUT2D eigenvalue weighted by molar-refractivity contribution is 7.14. The Hall–Kier alpha value is -2.57. The second-order valence-electron chi connectivity index (χ2n) is 7.99. The van der Waals surface area contributed by atoms with Crippen LogP contribution in [0.25, 0.3) is 11.3 Å². The Bertz CT molecular complexity index is 1060. The van der Waals surface area contributed by atoms with Crippen molar-refractivity contribution >= 4 is 39.8 Å². The number of halogens is 1. The van der Waals surface area contributed by atoms with Gasteiger partial charge in [-0.25, -0.2) is 9.78 Å². The number of urea groups is 1. The second-order valence-corrected chi connectivity index (χ2v) is 9.26. The van der Waals surface area contributed by atoms with Crippen LogP contribution in [0.3, 0.4) is 0 Å². The fourth-order valence-corrected chi connectivity index (χ4v) is 5.28. The zero-order chi connectivity index (χ0) is 22.5. The number of thiazole rings is 1. The van der Waals surface area contributed by atoms with Gasteiger partial charge in [0.1, 0.15) is 5.75 Å².